The summed E-state index contributed by atoms with van der Waals surface area (Å²) in [6.45, 7) is 0. The Morgan fingerprint density at radius 1 is 1.05 bits per heavy atom. The molecule has 2 nitrogen and oxygen atoms in total. The van der Waals surface area contributed by atoms with Crippen LogP contribution in [0.4, 0.5) is 24.5 Å². The SMILES string of the molecule is N#Cc1cc(Nc2cc(Br)ccc2Br)ccc1C(F)(F)F. The maximum atomic E-state index is 12.7. The van der Waals surface area contributed by atoms with Crippen molar-refractivity contribution < 1.29 is 13.2 Å². The van der Waals surface area contributed by atoms with Gasteiger partial charge in [-0.15, -0.1) is 0 Å². The molecule has 2 rings (SSSR count). The fourth-order valence-corrected chi connectivity index (χ4v) is 2.42. The maximum absolute atomic E-state index is 12.7. The van der Waals surface area contributed by atoms with E-state index in [1.54, 1.807) is 18.2 Å². The summed E-state index contributed by atoms with van der Waals surface area (Å²) >= 11 is 6.65. The lowest BCUT2D eigenvalue weighted by Crippen LogP contribution is -2.08. The molecule has 21 heavy (non-hydrogen) atoms. The summed E-state index contributed by atoms with van der Waals surface area (Å²) in [6, 6.07) is 10.3. The van der Waals surface area contributed by atoms with Gasteiger partial charge in [0.25, 0.3) is 0 Å². The first-order chi connectivity index (χ1) is 9.81. The topological polar surface area (TPSA) is 35.8 Å². The first-order valence-electron chi connectivity index (χ1n) is 5.64. The van der Waals surface area contributed by atoms with Crippen LogP contribution in [0, 0.1) is 11.3 Å². The Kier molecular flexibility index (Phi) is 4.59. The molecule has 0 unspecified atom stereocenters. The number of nitrogens with zero attached hydrogens (tertiary/aromatic N) is 1. The molecule has 1 N–H and O–H groups in total. The van der Waals surface area contributed by atoms with Gasteiger partial charge < -0.3 is 5.32 Å². The molecule has 0 saturated heterocycles. The van der Waals surface area contributed by atoms with Crippen LogP contribution in [0.5, 0.6) is 0 Å². The third-order valence-electron chi connectivity index (χ3n) is 2.65. The van der Waals surface area contributed by atoms with Crippen LogP contribution in [0.15, 0.2) is 45.3 Å². The Hall–Kier alpha value is -1.52. The predicted molar refractivity (Wildman–Crippen MR) is 81.3 cm³/mol. The third kappa shape index (κ3) is 3.77. The van der Waals surface area contributed by atoms with Crippen molar-refractivity contribution in [3.05, 3.63) is 56.5 Å². The molecule has 0 aliphatic carbocycles. The zero-order valence-electron chi connectivity index (χ0n) is 10.3. The van der Waals surface area contributed by atoms with Gasteiger partial charge in [-0.05, 0) is 52.3 Å². The van der Waals surface area contributed by atoms with Gasteiger partial charge in [0.2, 0.25) is 0 Å². The van der Waals surface area contributed by atoms with E-state index in [0.29, 0.717) is 11.4 Å². The van der Waals surface area contributed by atoms with Gasteiger partial charge in [-0.2, -0.15) is 18.4 Å². The number of nitriles is 1. The van der Waals surface area contributed by atoms with Crippen LogP contribution in [0.25, 0.3) is 0 Å². The molecule has 0 saturated carbocycles. The van der Waals surface area contributed by atoms with E-state index in [4.69, 9.17) is 5.26 Å². The van der Waals surface area contributed by atoms with Crippen molar-refractivity contribution in [2.75, 3.05) is 5.32 Å². The zero-order valence-corrected chi connectivity index (χ0v) is 13.5. The Morgan fingerprint density at radius 2 is 1.76 bits per heavy atom. The van der Waals surface area contributed by atoms with Crippen LogP contribution in [0.1, 0.15) is 11.1 Å². The van der Waals surface area contributed by atoms with E-state index in [9.17, 15) is 13.2 Å². The lowest BCUT2D eigenvalue weighted by Gasteiger charge is -2.12. The van der Waals surface area contributed by atoms with Gasteiger partial charge in [0, 0.05) is 14.6 Å². The minimum atomic E-state index is -4.54. The molecular formula is C14H7Br2F3N2. The molecule has 2 aromatic carbocycles. The van der Waals surface area contributed by atoms with E-state index in [1.165, 1.54) is 12.1 Å². The van der Waals surface area contributed by atoms with Gasteiger partial charge in [0.05, 0.1) is 22.9 Å². The number of benzene rings is 2. The number of rotatable bonds is 2. The van der Waals surface area contributed by atoms with E-state index in [0.717, 1.165) is 15.0 Å². The molecule has 0 fully saturated rings. The fraction of sp³-hybridized carbons (Fsp3) is 0.0714. The minimum absolute atomic E-state index is 0.401. The molecule has 7 heteroatoms. The average Bonchev–Trinajstić information content (AvgIpc) is 2.41. The largest absolute Gasteiger partial charge is 0.417 e. The molecule has 0 aliphatic rings. The molecule has 0 radical (unpaired) electrons. The van der Waals surface area contributed by atoms with Crippen molar-refractivity contribution in [2.45, 2.75) is 6.18 Å². The zero-order chi connectivity index (χ0) is 15.6. The van der Waals surface area contributed by atoms with Crippen molar-refractivity contribution in [2.24, 2.45) is 0 Å². The molecule has 0 aromatic heterocycles. The number of hydrogen-bond donors (Lipinski definition) is 1. The average molecular weight is 420 g/mol. The van der Waals surface area contributed by atoms with E-state index < -0.39 is 17.3 Å². The minimum Gasteiger partial charge on any atom is -0.355 e. The van der Waals surface area contributed by atoms with Crippen molar-refractivity contribution in [3.8, 4) is 6.07 Å². The summed E-state index contributed by atoms with van der Waals surface area (Å²) in [5.41, 5.74) is -0.283. The lowest BCUT2D eigenvalue weighted by atomic mass is 10.1. The molecule has 2 aromatic rings. The summed E-state index contributed by atoms with van der Waals surface area (Å²) in [5, 5.41) is 11.8. The van der Waals surface area contributed by atoms with Gasteiger partial charge in [0.15, 0.2) is 0 Å². The third-order valence-corrected chi connectivity index (χ3v) is 3.84. The van der Waals surface area contributed by atoms with Crippen molar-refractivity contribution in [3.63, 3.8) is 0 Å². The fourth-order valence-electron chi connectivity index (χ4n) is 1.71. The van der Waals surface area contributed by atoms with E-state index in [1.807, 2.05) is 6.07 Å². The Balaban J connectivity index is 2.39. The van der Waals surface area contributed by atoms with E-state index >= 15 is 0 Å². The van der Waals surface area contributed by atoms with Crippen molar-refractivity contribution in [1.82, 2.24) is 0 Å². The number of anilines is 2. The molecule has 0 bridgehead atoms. The maximum Gasteiger partial charge on any atom is 0.417 e. The normalized spacial score (nSPS) is 11.0. The second-order valence-electron chi connectivity index (χ2n) is 4.12. The second-order valence-corrected chi connectivity index (χ2v) is 5.89. The van der Waals surface area contributed by atoms with Crippen LogP contribution in [0.3, 0.4) is 0 Å². The smallest absolute Gasteiger partial charge is 0.355 e. The molecule has 0 aliphatic heterocycles. The van der Waals surface area contributed by atoms with Gasteiger partial charge in [0.1, 0.15) is 0 Å². The monoisotopic (exact) mass is 418 g/mol. The number of hydrogen-bond acceptors (Lipinski definition) is 2. The van der Waals surface area contributed by atoms with Gasteiger partial charge in [-0.3, -0.25) is 0 Å². The molecule has 0 amide bonds. The van der Waals surface area contributed by atoms with Gasteiger partial charge in [-0.1, -0.05) is 15.9 Å². The van der Waals surface area contributed by atoms with Crippen LogP contribution >= 0.6 is 31.9 Å². The van der Waals surface area contributed by atoms with Crippen LogP contribution in [0.2, 0.25) is 0 Å². The summed E-state index contributed by atoms with van der Waals surface area (Å²) in [5.74, 6) is 0. The van der Waals surface area contributed by atoms with Crippen LogP contribution in [-0.4, -0.2) is 0 Å². The summed E-state index contributed by atoms with van der Waals surface area (Å²) in [7, 11) is 0. The standard InChI is InChI=1S/C14H7Br2F3N2/c15-9-1-4-12(16)13(6-9)21-10-2-3-11(14(17,18)19)8(5-10)7-20/h1-6,21H. The second kappa shape index (κ2) is 6.08. The molecule has 0 atom stereocenters. The molecular weight excluding hydrogens is 413 g/mol. The quantitative estimate of drug-likeness (QED) is 0.663. The lowest BCUT2D eigenvalue weighted by molar-refractivity contribution is -0.137. The molecule has 0 heterocycles. The Bertz CT molecular complexity index is 721. The first kappa shape index (κ1) is 15.9. The number of nitrogens with one attached hydrogen (secondary N) is 1. The van der Waals surface area contributed by atoms with E-state index in [2.05, 4.69) is 37.2 Å². The highest BCUT2D eigenvalue weighted by atomic mass is 79.9. The summed E-state index contributed by atoms with van der Waals surface area (Å²) in [6.07, 6.45) is -4.54. The first-order valence-corrected chi connectivity index (χ1v) is 7.23. The number of halogens is 5. The van der Waals surface area contributed by atoms with Gasteiger partial charge >= 0.3 is 6.18 Å². The highest BCUT2D eigenvalue weighted by Crippen LogP contribution is 2.34. The molecule has 108 valence electrons. The van der Waals surface area contributed by atoms with Crippen LogP contribution in [-0.2, 0) is 6.18 Å². The highest BCUT2D eigenvalue weighted by Gasteiger charge is 2.33. The number of alkyl halides is 3. The molecule has 0 spiro atoms. The van der Waals surface area contributed by atoms with Crippen molar-refractivity contribution >= 4 is 43.2 Å². The summed E-state index contributed by atoms with van der Waals surface area (Å²) in [4.78, 5) is 0. The van der Waals surface area contributed by atoms with E-state index in [-0.39, 0.29) is 0 Å². The summed E-state index contributed by atoms with van der Waals surface area (Å²) < 4.78 is 39.8. The van der Waals surface area contributed by atoms with Crippen molar-refractivity contribution in [1.29, 1.82) is 5.26 Å². The Morgan fingerprint density at radius 3 is 2.38 bits per heavy atom. The Labute approximate surface area is 135 Å². The van der Waals surface area contributed by atoms with Crippen LogP contribution < -0.4 is 5.32 Å². The predicted octanol–water partition coefficient (Wildman–Crippen LogP) is 5.85. The van der Waals surface area contributed by atoms with Gasteiger partial charge in [-0.25, -0.2) is 0 Å². The highest BCUT2D eigenvalue weighted by molar-refractivity contribution is 9.11.